The molecule has 0 saturated heterocycles. The van der Waals surface area contributed by atoms with E-state index in [2.05, 4.69) is 14.5 Å². The van der Waals surface area contributed by atoms with Gasteiger partial charge in [0.05, 0.1) is 12.2 Å². The van der Waals surface area contributed by atoms with E-state index in [1.54, 1.807) is 12.3 Å². The molecule has 0 aliphatic heterocycles. The third kappa shape index (κ3) is 2.47. The van der Waals surface area contributed by atoms with Gasteiger partial charge in [0.15, 0.2) is 0 Å². The number of nitrogen functional groups attached to an aromatic ring is 1. The van der Waals surface area contributed by atoms with E-state index >= 15 is 0 Å². The van der Waals surface area contributed by atoms with Crippen molar-refractivity contribution in [3.8, 4) is 11.4 Å². The van der Waals surface area contributed by atoms with Crippen LogP contribution in [0.15, 0.2) is 60.9 Å². The predicted molar refractivity (Wildman–Crippen MR) is 75.4 cm³/mol. The number of nitrogens with two attached hydrogens (primary N) is 1. The Balaban J connectivity index is 1.93. The van der Waals surface area contributed by atoms with E-state index in [-0.39, 0.29) is 0 Å². The molecule has 0 fully saturated rings. The van der Waals surface area contributed by atoms with E-state index in [0.717, 1.165) is 17.1 Å². The molecule has 0 bridgehead atoms. The number of imidazole rings is 1. The Morgan fingerprint density at radius 1 is 1.00 bits per heavy atom. The second-order valence-corrected chi connectivity index (χ2v) is 4.30. The van der Waals surface area contributed by atoms with Crippen molar-refractivity contribution in [2.75, 3.05) is 5.73 Å². The summed E-state index contributed by atoms with van der Waals surface area (Å²) in [6.45, 7) is 0.662. The second-order valence-electron chi connectivity index (χ2n) is 4.30. The van der Waals surface area contributed by atoms with Gasteiger partial charge in [-0.25, -0.2) is 9.97 Å². The van der Waals surface area contributed by atoms with Crippen molar-refractivity contribution in [3.05, 3.63) is 66.6 Å². The normalized spacial score (nSPS) is 10.5. The third-order valence-electron chi connectivity index (χ3n) is 2.91. The first-order valence-corrected chi connectivity index (χ1v) is 6.11. The molecule has 0 aliphatic carbocycles. The smallest absolute Gasteiger partial charge is 0.140 e. The summed E-state index contributed by atoms with van der Waals surface area (Å²) >= 11 is 0. The minimum Gasteiger partial charge on any atom is -0.384 e. The van der Waals surface area contributed by atoms with Gasteiger partial charge in [-0.1, -0.05) is 36.4 Å². The van der Waals surface area contributed by atoms with Crippen molar-refractivity contribution in [1.29, 1.82) is 0 Å². The van der Waals surface area contributed by atoms with Crippen LogP contribution < -0.4 is 5.73 Å². The molecule has 0 amide bonds. The summed E-state index contributed by atoms with van der Waals surface area (Å²) in [5.74, 6) is 1.48. The van der Waals surface area contributed by atoms with Crippen LogP contribution in [0.25, 0.3) is 11.4 Å². The molecular formula is C15H14N4. The van der Waals surface area contributed by atoms with Crippen molar-refractivity contribution in [3.63, 3.8) is 0 Å². The van der Waals surface area contributed by atoms with Crippen LogP contribution in [0.1, 0.15) is 5.69 Å². The SMILES string of the molecule is Nc1cccc(Cn2ccnc2-c2ccccc2)n1. The van der Waals surface area contributed by atoms with Crippen molar-refractivity contribution in [2.45, 2.75) is 6.54 Å². The summed E-state index contributed by atoms with van der Waals surface area (Å²) in [6.07, 6.45) is 3.75. The standard InChI is InChI=1S/C15H14N4/c16-14-8-4-7-13(18-14)11-19-10-9-17-15(19)12-5-2-1-3-6-12/h1-10H,11H2,(H2,16,18). The molecule has 1 aromatic carbocycles. The number of nitrogens with zero attached hydrogens (tertiary/aromatic N) is 3. The fraction of sp³-hybridized carbons (Fsp3) is 0.0667. The first-order chi connectivity index (χ1) is 9.33. The van der Waals surface area contributed by atoms with Gasteiger partial charge < -0.3 is 10.3 Å². The number of rotatable bonds is 3. The van der Waals surface area contributed by atoms with Gasteiger partial charge in [-0.3, -0.25) is 0 Å². The Morgan fingerprint density at radius 2 is 1.84 bits per heavy atom. The lowest BCUT2D eigenvalue weighted by molar-refractivity contribution is 0.783. The lowest BCUT2D eigenvalue weighted by Crippen LogP contribution is -2.04. The third-order valence-corrected chi connectivity index (χ3v) is 2.91. The molecule has 0 radical (unpaired) electrons. The molecule has 0 atom stereocenters. The molecule has 4 heteroatoms. The molecule has 3 aromatic rings. The van der Waals surface area contributed by atoms with Gasteiger partial charge in [-0.15, -0.1) is 0 Å². The van der Waals surface area contributed by atoms with Gasteiger partial charge in [-0.2, -0.15) is 0 Å². The van der Waals surface area contributed by atoms with Crippen LogP contribution in [0.2, 0.25) is 0 Å². The van der Waals surface area contributed by atoms with Crippen molar-refractivity contribution >= 4 is 5.82 Å². The lowest BCUT2D eigenvalue weighted by Gasteiger charge is -2.07. The van der Waals surface area contributed by atoms with Crippen LogP contribution in [0.3, 0.4) is 0 Å². The molecule has 4 nitrogen and oxygen atoms in total. The largest absolute Gasteiger partial charge is 0.384 e. The zero-order valence-corrected chi connectivity index (χ0v) is 10.4. The van der Waals surface area contributed by atoms with Crippen LogP contribution >= 0.6 is 0 Å². The number of benzene rings is 1. The number of pyridine rings is 1. The minimum absolute atomic E-state index is 0.541. The summed E-state index contributed by atoms with van der Waals surface area (Å²) in [7, 11) is 0. The molecule has 0 aliphatic rings. The summed E-state index contributed by atoms with van der Waals surface area (Å²) in [6, 6.07) is 15.8. The number of hydrogen-bond donors (Lipinski definition) is 1. The van der Waals surface area contributed by atoms with Crippen molar-refractivity contribution in [1.82, 2.24) is 14.5 Å². The Hall–Kier alpha value is -2.62. The lowest BCUT2D eigenvalue weighted by atomic mass is 10.2. The zero-order valence-electron chi connectivity index (χ0n) is 10.4. The summed E-state index contributed by atoms with van der Waals surface area (Å²) in [5, 5.41) is 0. The van der Waals surface area contributed by atoms with Gasteiger partial charge in [0.25, 0.3) is 0 Å². The average molecular weight is 250 g/mol. The molecule has 0 spiro atoms. The van der Waals surface area contributed by atoms with Crippen LogP contribution in [0.5, 0.6) is 0 Å². The van der Waals surface area contributed by atoms with Crippen LogP contribution in [-0.4, -0.2) is 14.5 Å². The van der Waals surface area contributed by atoms with Gasteiger partial charge >= 0.3 is 0 Å². The van der Waals surface area contributed by atoms with Gasteiger partial charge in [0.2, 0.25) is 0 Å². The first kappa shape index (κ1) is 11.5. The van der Waals surface area contributed by atoms with E-state index in [4.69, 9.17) is 5.73 Å². The maximum absolute atomic E-state index is 5.70. The maximum Gasteiger partial charge on any atom is 0.140 e. The van der Waals surface area contributed by atoms with Crippen LogP contribution in [0, 0.1) is 0 Å². The van der Waals surface area contributed by atoms with Crippen molar-refractivity contribution < 1.29 is 0 Å². The van der Waals surface area contributed by atoms with Crippen LogP contribution in [-0.2, 0) is 6.54 Å². The Labute approximate surface area is 111 Å². The van der Waals surface area contributed by atoms with Gasteiger partial charge in [0.1, 0.15) is 11.6 Å². The number of aromatic nitrogens is 3. The van der Waals surface area contributed by atoms with E-state index < -0.39 is 0 Å². The highest BCUT2D eigenvalue weighted by atomic mass is 15.1. The van der Waals surface area contributed by atoms with E-state index in [1.165, 1.54) is 0 Å². The molecule has 94 valence electrons. The Morgan fingerprint density at radius 3 is 2.63 bits per heavy atom. The highest BCUT2D eigenvalue weighted by molar-refractivity contribution is 5.55. The van der Waals surface area contributed by atoms with E-state index in [9.17, 15) is 0 Å². The van der Waals surface area contributed by atoms with Crippen LogP contribution in [0.4, 0.5) is 5.82 Å². The summed E-state index contributed by atoms with van der Waals surface area (Å²) < 4.78 is 2.07. The molecule has 0 unspecified atom stereocenters. The Bertz CT molecular complexity index is 673. The molecule has 2 N–H and O–H groups in total. The zero-order chi connectivity index (χ0) is 13.1. The highest BCUT2D eigenvalue weighted by Gasteiger charge is 2.06. The maximum atomic E-state index is 5.70. The van der Waals surface area contributed by atoms with Crippen molar-refractivity contribution in [2.24, 2.45) is 0 Å². The summed E-state index contributed by atoms with van der Waals surface area (Å²) in [5.41, 5.74) is 7.72. The van der Waals surface area contributed by atoms with Gasteiger partial charge in [-0.05, 0) is 12.1 Å². The predicted octanol–water partition coefficient (Wildman–Crippen LogP) is 2.58. The topological polar surface area (TPSA) is 56.7 Å². The van der Waals surface area contributed by atoms with Gasteiger partial charge in [0, 0.05) is 18.0 Å². The quantitative estimate of drug-likeness (QED) is 0.777. The molecule has 2 aromatic heterocycles. The number of hydrogen-bond acceptors (Lipinski definition) is 3. The van der Waals surface area contributed by atoms with E-state index in [1.807, 2.05) is 48.7 Å². The second kappa shape index (κ2) is 4.94. The Kier molecular flexibility index (Phi) is 2.98. The highest BCUT2D eigenvalue weighted by Crippen LogP contribution is 2.17. The first-order valence-electron chi connectivity index (χ1n) is 6.11. The fourth-order valence-corrected chi connectivity index (χ4v) is 2.05. The van der Waals surface area contributed by atoms with E-state index in [0.29, 0.717) is 12.4 Å². The molecule has 0 saturated carbocycles. The summed E-state index contributed by atoms with van der Waals surface area (Å²) in [4.78, 5) is 8.72. The minimum atomic E-state index is 0.541. The monoisotopic (exact) mass is 250 g/mol. The molecule has 3 rings (SSSR count). The molecular weight excluding hydrogens is 236 g/mol. The number of anilines is 1. The average Bonchev–Trinajstić information content (AvgIpc) is 2.88. The fourth-order valence-electron chi connectivity index (χ4n) is 2.05. The molecule has 19 heavy (non-hydrogen) atoms. The molecule has 2 heterocycles.